The standard InChI is InChI=1S/C13H17BrN2O3S/c1-9-2-3-12(11(14)6-9)15-7-13(17)16-10-4-5-20(18,19)8-10/h2-3,6,10,15H,4-5,7-8H2,1H3,(H,16,17)/t10-/m0/s1. The van der Waals surface area contributed by atoms with Gasteiger partial charge in [-0.2, -0.15) is 0 Å². The molecule has 0 radical (unpaired) electrons. The minimum Gasteiger partial charge on any atom is -0.375 e. The van der Waals surface area contributed by atoms with Gasteiger partial charge in [0.25, 0.3) is 0 Å². The minimum atomic E-state index is -2.96. The topological polar surface area (TPSA) is 75.3 Å². The molecule has 110 valence electrons. The summed E-state index contributed by atoms with van der Waals surface area (Å²) in [5.41, 5.74) is 1.97. The molecule has 1 aromatic rings. The van der Waals surface area contributed by atoms with Gasteiger partial charge in [-0.05, 0) is 47.0 Å². The van der Waals surface area contributed by atoms with Crippen LogP contribution in [0, 0.1) is 6.92 Å². The van der Waals surface area contributed by atoms with Gasteiger partial charge in [0.2, 0.25) is 5.91 Å². The number of aryl methyl sites for hydroxylation is 1. The van der Waals surface area contributed by atoms with E-state index in [4.69, 9.17) is 0 Å². The molecule has 1 fully saturated rings. The maximum absolute atomic E-state index is 11.8. The van der Waals surface area contributed by atoms with Crippen LogP contribution in [-0.4, -0.2) is 38.4 Å². The van der Waals surface area contributed by atoms with Crippen LogP contribution in [0.1, 0.15) is 12.0 Å². The van der Waals surface area contributed by atoms with Crippen LogP contribution in [0.15, 0.2) is 22.7 Å². The second-order valence-electron chi connectivity index (χ2n) is 5.00. The fourth-order valence-corrected chi connectivity index (χ4v) is 4.43. The summed E-state index contributed by atoms with van der Waals surface area (Å²) in [5.74, 6) is 0.0153. The lowest BCUT2D eigenvalue weighted by atomic mass is 10.2. The Labute approximate surface area is 127 Å². The van der Waals surface area contributed by atoms with E-state index in [9.17, 15) is 13.2 Å². The molecule has 0 unspecified atom stereocenters. The molecule has 0 saturated carbocycles. The van der Waals surface area contributed by atoms with Gasteiger partial charge in [-0.15, -0.1) is 0 Å². The van der Waals surface area contributed by atoms with E-state index in [0.717, 1.165) is 15.7 Å². The lowest BCUT2D eigenvalue weighted by Gasteiger charge is -2.13. The first-order chi connectivity index (χ1) is 9.35. The van der Waals surface area contributed by atoms with Crippen molar-refractivity contribution in [3.8, 4) is 0 Å². The van der Waals surface area contributed by atoms with E-state index in [0.29, 0.717) is 6.42 Å². The highest BCUT2D eigenvalue weighted by molar-refractivity contribution is 9.10. The molecule has 1 aliphatic rings. The second kappa shape index (κ2) is 6.13. The highest BCUT2D eigenvalue weighted by atomic mass is 79.9. The summed E-state index contributed by atoms with van der Waals surface area (Å²) in [6, 6.07) is 5.56. The smallest absolute Gasteiger partial charge is 0.239 e. The van der Waals surface area contributed by atoms with Crippen molar-refractivity contribution >= 4 is 37.4 Å². The summed E-state index contributed by atoms with van der Waals surface area (Å²) in [6.45, 7) is 2.11. The molecule has 0 bridgehead atoms. The van der Waals surface area contributed by atoms with Gasteiger partial charge in [0, 0.05) is 16.2 Å². The van der Waals surface area contributed by atoms with Crippen LogP contribution >= 0.6 is 15.9 Å². The number of amides is 1. The van der Waals surface area contributed by atoms with Gasteiger partial charge in [-0.3, -0.25) is 4.79 Å². The Kier molecular flexibility index (Phi) is 4.70. The number of halogens is 1. The molecule has 1 aliphatic heterocycles. The normalized spacial score (nSPS) is 20.6. The van der Waals surface area contributed by atoms with Gasteiger partial charge < -0.3 is 10.6 Å². The SMILES string of the molecule is Cc1ccc(NCC(=O)N[C@H]2CCS(=O)(=O)C2)c(Br)c1. The average Bonchev–Trinajstić information content (AvgIpc) is 2.67. The van der Waals surface area contributed by atoms with E-state index in [1.807, 2.05) is 25.1 Å². The van der Waals surface area contributed by atoms with Gasteiger partial charge in [0.05, 0.1) is 18.1 Å². The van der Waals surface area contributed by atoms with E-state index >= 15 is 0 Å². The van der Waals surface area contributed by atoms with Gasteiger partial charge in [0.15, 0.2) is 9.84 Å². The zero-order valence-corrected chi connectivity index (χ0v) is 13.6. The molecule has 20 heavy (non-hydrogen) atoms. The first-order valence-corrected chi connectivity index (χ1v) is 8.97. The Morgan fingerprint density at radius 3 is 2.80 bits per heavy atom. The van der Waals surface area contributed by atoms with Crippen LogP contribution < -0.4 is 10.6 Å². The maximum Gasteiger partial charge on any atom is 0.239 e. The predicted octanol–water partition coefficient (Wildman–Crippen LogP) is 1.47. The Morgan fingerprint density at radius 2 is 2.20 bits per heavy atom. The highest BCUT2D eigenvalue weighted by Crippen LogP contribution is 2.23. The Bertz CT molecular complexity index is 616. The summed E-state index contributed by atoms with van der Waals surface area (Å²) >= 11 is 3.43. The first-order valence-electron chi connectivity index (χ1n) is 6.35. The molecule has 1 amide bonds. The van der Waals surface area contributed by atoms with Crippen LogP contribution in [0.25, 0.3) is 0 Å². The molecule has 2 rings (SSSR count). The largest absolute Gasteiger partial charge is 0.375 e. The fraction of sp³-hybridized carbons (Fsp3) is 0.462. The molecule has 0 aromatic heterocycles. The molecule has 0 spiro atoms. The molecule has 1 aromatic carbocycles. The molecular formula is C13H17BrN2O3S. The number of carbonyl (C=O) groups is 1. The van der Waals surface area contributed by atoms with Crippen LogP contribution in [0.3, 0.4) is 0 Å². The van der Waals surface area contributed by atoms with Gasteiger partial charge in [-0.1, -0.05) is 6.07 Å². The third-order valence-electron chi connectivity index (χ3n) is 3.16. The van der Waals surface area contributed by atoms with Crippen molar-refractivity contribution in [2.24, 2.45) is 0 Å². The van der Waals surface area contributed by atoms with Crippen LogP contribution in [0.2, 0.25) is 0 Å². The summed E-state index contributed by atoms with van der Waals surface area (Å²) in [6.07, 6.45) is 0.502. The van der Waals surface area contributed by atoms with Crippen molar-refractivity contribution in [2.45, 2.75) is 19.4 Å². The van der Waals surface area contributed by atoms with Crippen molar-refractivity contribution in [3.05, 3.63) is 28.2 Å². The summed E-state index contributed by atoms with van der Waals surface area (Å²) in [5, 5.41) is 5.77. The molecule has 1 atom stereocenters. The van der Waals surface area contributed by atoms with Crippen molar-refractivity contribution in [2.75, 3.05) is 23.4 Å². The fourth-order valence-electron chi connectivity index (χ4n) is 2.13. The quantitative estimate of drug-likeness (QED) is 0.852. The van der Waals surface area contributed by atoms with Crippen LogP contribution in [0.4, 0.5) is 5.69 Å². The molecule has 7 heteroatoms. The zero-order chi connectivity index (χ0) is 14.8. The van der Waals surface area contributed by atoms with Crippen molar-refractivity contribution in [1.82, 2.24) is 5.32 Å². The van der Waals surface area contributed by atoms with E-state index in [1.54, 1.807) is 0 Å². The number of benzene rings is 1. The molecule has 2 N–H and O–H groups in total. The van der Waals surface area contributed by atoms with Gasteiger partial charge >= 0.3 is 0 Å². The third kappa shape index (κ3) is 4.21. The number of sulfone groups is 1. The van der Waals surface area contributed by atoms with E-state index in [1.165, 1.54) is 0 Å². The molecule has 5 nitrogen and oxygen atoms in total. The van der Waals surface area contributed by atoms with Crippen molar-refractivity contribution in [1.29, 1.82) is 0 Å². The molecular weight excluding hydrogens is 344 g/mol. The monoisotopic (exact) mass is 360 g/mol. The number of hydrogen-bond acceptors (Lipinski definition) is 4. The average molecular weight is 361 g/mol. The lowest BCUT2D eigenvalue weighted by molar-refractivity contribution is -0.119. The van der Waals surface area contributed by atoms with Crippen molar-refractivity contribution < 1.29 is 13.2 Å². The zero-order valence-electron chi connectivity index (χ0n) is 11.1. The second-order valence-corrected chi connectivity index (χ2v) is 8.09. The Morgan fingerprint density at radius 1 is 1.45 bits per heavy atom. The number of rotatable bonds is 4. The van der Waals surface area contributed by atoms with E-state index in [-0.39, 0.29) is 30.0 Å². The number of nitrogens with one attached hydrogen (secondary N) is 2. The molecule has 0 aliphatic carbocycles. The highest BCUT2D eigenvalue weighted by Gasteiger charge is 2.28. The minimum absolute atomic E-state index is 0.0486. The first kappa shape index (κ1) is 15.3. The Hall–Kier alpha value is -1.08. The number of hydrogen-bond donors (Lipinski definition) is 2. The van der Waals surface area contributed by atoms with Crippen LogP contribution in [0.5, 0.6) is 0 Å². The van der Waals surface area contributed by atoms with Gasteiger partial charge in [0.1, 0.15) is 0 Å². The molecule has 1 saturated heterocycles. The van der Waals surface area contributed by atoms with E-state index < -0.39 is 9.84 Å². The number of carbonyl (C=O) groups excluding carboxylic acids is 1. The maximum atomic E-state index is 11.8. The summed E-state index contributed by atoms with van der Waals surface area (Å²) in [7, 11) is -2.96. The lowest BCUT2D eigenvalue weighted by Crippen LogP contribution is -2.39. The van der Waals surface area contributed by atoms with Gasteiger partial charge in [-0.25, -0.2) is 8.42 Å². The summed E-state index contributed by atoms with van der Waals surface area (Å²) in [4.78, 5) is 11.8. The summed E-state index contributed by atoms with van der Waals surface area (Å²) < 4.78 is 23.5. The van der Waals surface area contributed by atoms with Crippen LogP contribution in [-0.2, 0) is 14.6 Å². The van der Waals surface area contributed by atoms with E-state index in [2.05, 4.69) is 26.6 Å². The predicted molar refractivity (Wildman–Crippen MR) is 82.6 cm³/mol. The Balaban J connectivity index is 1.84. The van der Waals surface area contributed by atoms with Crippen molar-refractivity contribution in [3.63, 3.8) is 0 Å². The number of anilines is 1. The third-order valence-corrected chi connectivity index (χ3v) is 5.59. The molecule has 1 heterocycles.